The molecule has 0 aromatic heterocycles. The number of ether oxygens (including phenoxy) is 1. The number of carbonyl (C=O) groups excluding carboxylic acids is 2. The van der Waals surface area contributed by atoms with Crippen LogP contribution in [0, 0.1) is 11.3 Å². The lowest BCUT2D eigenvalue weighted by Crippen LogP contribution is -2.22. The molecule has 5 nitrogen and oxygen atoms in total. The third-order valence-corrected chi connectivity index (χ3v) is 5.65. The van der Waals surface area contributed by atoms with Crippen molar-refractivity contribution in [3.05, 3.63) is 67.5 Å². The summed E-state index contributed by atoms with van der Waals surface area (Å²) in [4.78, 5) is 25.0. The van der Waals surface area contributed by atoms with E-state index >= 15 is 0 Å². The summed E-state index contributed by atoms with van der Waals surface area (Å²) < 4.78 is 6.39. The molecule has 0 bridgehead atoms. The number of nitriles is 1. The number of likely N-dealkylation sites (N-methyl/N-ethyl adjacent to an activating group) is 1. The number of amides is 2. The topological polar surface area (TPSA) is 70.4 Å². The van der Waals surface area contributed by atoms with Crippen molar-refractivity contribution in [3.8, 4) is 11.8 Å². The Morgan fingerprint density at radius 1 is 1.33 bits per heavy atom. The normalized spacial score (nSPS) is 15.3. The fourth-order valence-electron chi connectivity index (χ4n) is 2.40. The van der Waals surface area contributed by atoms with Crippen LogP contribution in [0.1, 0.15) is 16.7 Å². The molecule has 0 saturated carbocycles. The van der Waals surface area contributed by atoms with Crippen molar-refractivity contribution in [1.29, 1.82) is 5.26 Å². The Morgan fingerprint density at radius 2 is 2.07 bits per heavy atom. The second-order valence-corrected chi connectivity index (χ2v) is 7.87. The summed E-state index contributed by atoms with van der Waals surface area (Å²) in [5, 5.41) is 9.19. The van der Waals surface area contributed by atoms with Gasteiger partial charge in [0, 0.05) is 12.6 Å². The summed E-state index contributed by atoms with van der Waals surface area (Å²) in [5.74, 6) is 0.0934. The highest BCUT2D eigenvalue weighted by Gasteiger charge is 2.31. The van der Waals surface area contributed by atoms with Crippen molar-refractivity contribution in [2.24, 2.45) is 0 Å². The van der Waals surface area contributed by atoms with Crippen LogP contribution in [0.25, 0.3) is 6.08 Å². The van der Waals surface area contributed by atoms with Gasteiger partial charge in [0.25, 0.3) is 11.1 Å². The highest BCUT2D eigenvalue weighted by molar-refractivity contribution is 9.10. The quantitative estimate of drug-likeness (QED) is 0.581. The van der Waals surface area contributed by atoms with Gasteiger partial charge in [-0.1, -0.05) is 29.8 Å². The highest BCUT2D eigenvalue weighted by atomic mass is 79.9. The molecule has 1 fully saturated rings. The zero-order valence-corrected chi connectivity index (χ0v) is 17.2. The Kier molecular flexibility index (Phi) is 5.90. The highest BCUT2D eigenvalue weighted by Crippen LogP contribution is 2.37. The van der Waals surface area contributed by atoms with Gasteiger partial charge in [-0.3, -0.25) is 14.5 Å². The molecule has 0 radical (unpaired) electrons. The smallest absolute Gasteiger partial charge is 0.293 e. The number of rotatable bonds is 4. The van der Waals surface area contributed by atoms with Crippen LogP contribution in [-0.4, -0.2) is 23.1 Å². The van der Waals surface area contributed by atoms with Crippen LogP contribution < -0.4 is 4.74 Å². The second kappa shape index (κ2) is 8.17. The van der Waals surface area contributed by atoms with Crippen LogP contribution in [-0.2, 0) is 11.4 Å². The third kappa shape index (κ3) is 4.19. The lowest BCUT2D eigenvalue weighted by atomic mass is 10.1. The minimum absolute atomic E-state index is 0.191. The number of hydrogen-bond donors (Lipinski definition) is 0. The van der Waals surface area contributed by atoms with Gasteiger partial charge in [-0.2, -0.15) is 5.26 Å². The predicted octanol–water partition coefficient (Wildman–Crippen LogP) is 5.22. The summed E-state index contributed by atoms with van der Waals surface area (Å²) in [6.07, 6.45) is 1.61. The molecular formula is C19H12BrClN2O3S. The first-order valence-corrected chi connectivity index (χ1v) is 9.71. The van der Waals surface area contributed by atoms with Crippen LogP contribution in [0.2, 0.25) is 5.02 Å². The number of hydrogen-bond acceptors (Lipinski definition) is 5. The molecule has 3 rings (SSSR count). The first-order valence-electron chi connectivity index (χ1n) is 7.72. The van der Waals surface area contributed by atoms with Gasteiger partial charge in [-0.25, -0.2) is 0 Å². The Bertz CT molecular complexity index is 993. The average Bonchev–Trinajstić information content (AvgIpc) is 2.88. The molecule has 0 N–H and O–H groups in total. The Balaban J connectivity index is 1.83. The van der Waals surface area contributed by atoms with Crippen LogP contribution in [0.15, 0.2) is 45.8 Å². The maximum Gasteiger partial charge on any atom is 0.293 e. The Hall–Kier alpha value is -2.27. The largest absolute Gasteiger partial charge is 0.486 e. The van der Waals surface area contributed by atoms with Gasteiger partial charge in [0.15, 0.2) is 5.75 Å². The van der Waals surface area contributed by atoms with Gasteiger partial charge >= 0.3 is 0 Å². The summed E-state index contributed by atoms with van der Waals surface area (Å²) in [6.45, 7) is 0.191. The Labute approximate surface area is 173 Å². The molecule has 2 amide bonds. The molecule has 0 spiro atoms. The molecule has 0 unspecified atom stereocenters. The predicted molar refractivity (Wildman–Crippen MR) is 108 cm³/mol. The second-order valence-electron chi connectivity index (χ2n) is 5.61. The Morgan fingerprint density at radius 3 is 2.70 bits per heavy atom. The first kappa shape index (κ1) is 19.5. The van der Waals surface area contributed by atoms with Crippen molar-refractivity contribution < 1.29 is 14.3 Å². The molecule has 1 saturated heterocycles. The summed E-state index contributed by atoms with van der Waals surface area (Å²) >= 11 is 10.6. The molecule has 2 aromatic carbocycles. The van der Waals surface area contributed by atoms with Gasteiger partial charge in [0.05, 0.1) is 26.0 Å². The standard InChI is InChI=1S/C19H12BrClN2O3S/c1-23-18(24)16(27-19(23)25)8-11-6-14(20)17(15(21)7-11)26-10-13-5-3-2-4-12(13)9-22/h2-8H,10H2,1H3/b16-8-. The van der Waals surface area contributed by atoms with E-state index in [1.54, 1.807) is 30.3 Å². The van der Waals surface area contributed by atoms with Gasteiger partial charge in [-0.15, -0.1) is 0 Å². The third-order valence-electron chi connectivity index (χ3n) is 3.81. The van der Waals surface area contributed by atoms with E-state index in [4.69, 9.17) is 21.6 Å². The molecule has 1 heterocycles. The van der Waals surface area contributed by atoms with Gasteiger partial charge in [0.2, 0.25) is 0 Å². The average molecular weight is 464 g/mol. The first-order chi connectivity index (χ1) is 12.9. The van der Waals surface area contributed by atoms with E-state index in [0.29, 0.717) is 31.3 Å². The van der Waals surface area contributed by atoms with E-state index in [2.05, 4.69) is 22.0 Å². The van der Waals surface area contributed by atoms with E-state index in [9.17, 15) is 9.59 Å². The zero-order chi connectivity index (χ0) is 19.6. The summed E-state index contributed by atoms with van der Waals surface area (Å²) in [6, 6.07) is 12.7. The van der Waals surface area contributed by atoms with E-state index in [1.165, 1.54) is 7.05 Å². The zero-order valence-electron chi connectivity index (χ0n) is 14.0. The molecule has 1 aliphatic heterocycles. The fourth-order valence-corrected chi connectivity index (χ4v) is 4.22. The molecule has 1 aliphatic rings. The number of halogens is 2. The monoisotopic (exact) mass is 462 g/mol. The maximum absolute atomic E-state index is 12.0. The van der Waals surface area contributed by atoms with Crippen LogP contribution >= 0.6 is 39.3 Å². The van der Waals surface area contributed by atoms with E-state index in [1.807, 2.05) is 12.1 Å². The van der Waals surface area contributed by atoms with Gasteiger partial charge in [-0.05, 0) is 57.5 Å². The minimum atomic E-state index is -0.342. The molecular weight excluding hydrogens is 452 g/mol. The van der Waals surface area contributed by atoms with E-state index < -0.39 is 0 Å². The van der Waals surface area contributed by atoms with Crippen LogP contribution in [0.4, 0.5) is 4.79 Å². The number of carbonyl (C=O) groups is 2. The molecule has 0 aliphatic carbocycles. The van der Waals surface area contributed by atoms with Gasteiger partial charge < -0.3 is 4.74 Å². The van der Waals surface area contributed by atoms with Crippen molar-refractivity contribution in [1.82, 2.24) is 4.90 Å². The van der Waals surface area contributed by atoms with Gasteiger partial charge in [0.1, 0.15) is 6.61 Å². The van der Waals surface area contributed by atoms with Crippen molar-refractivity contribution in [2.75, 3.05) is 7.05 Å². The molecule has 0 atom stereocenters. The minimum Gasteiger partial charge on any atom is -0.486 e. The summed E-state index contributed by atoms with van der Waals surface area (Å²) in [7, 11) is 1.44. The summed E-state index contributed by atoms with van der Waals surface area (Å²) in [5.41, 5.74) is 1.95. The van der Waals surface area contributed by atoms with Crippen LogP contribution in [0.3, 0.4) is 0 Å². The van der Waals surface area contributed by atoms with Crippen molar-refractivity contribution in [2.45, 2.75) is 6.61 Å². The number of benzene rings is 2. The molecule has 27 heavy (non-hydrogen) atoms. The lowest BCUT2D eigenvalue weighted by Gasteiger charge is -2.12. The van der Waals surface area contributed by atoms with Crippen LogP contribution in [0.5, 0.6) is 5.75 Å². The molecule has 136 valence electrons. The maximum atomic E-state index is 12.0. The SMILES string of the molecule is CN1C(=O)S/C(=C\c2cc(Cl)c(OCc3ccccc3C#N)c(Br)c2)C1=O. The number of imide groups is 1. The van der Waals surface area contributed by atoms with E-state index in [0.717, 1.165) is 22.2 Å². The lowest BCUT2D eigenvalue weighted by molar-refractivity contribution is -0.121. The van der Waals surface area contributed by atoms with Crippen molar-refractivity contribution >= 4 is 56.5 Å². The molecule has 2 aromatic rings. The fraction of sp³-hybridized carbons (Fsp3) is 0.105. The number of thioether (sulfide) groups is 1. The van der Waals surface area contributed by atoms with E-state index in [-0.39, 0.29) is 17.8 Å². The van der Waals surface area contributed by atoms with Crippen molar-refractivity contribution in [3.63, 3.8) is 0 Å². The molecule has 8 heteroatoms. The number of nitrogens with zero attached hydrogens (tertiary/aromatic N) is 2.